The van der Waals surface area contributed by atoms with Gasteiger partial charge in [-0.15, -0.1) is 0 Å². The van der Waals surface area contributed by atoms with Crippen molar-refractivity contribution in [2.45, 2.75) is 0 Å². The minimum atomic E-state index is -0.319. The van der Waals surface area contributed by atoms with E-state index in [1.54, 1.807) is 31.4 Å². The van der Waals surface area contributed by atoms with Crippen LogP contribution in [0.25, 0.3) is 16.8 Å². The van der Waals surface area contributed by atoms with Gasteiger partial charge in [-0.3, -0.25) is 10.1 Å². The molecule has 0 radical (unpaired) electrons. The maximum Gasteiger partial charge on any atom is 0.250 e. The third-order valence-electron chi connectivity index (χ3n) is 3.88. The molecule has 0 fully saturated rings. The number of hydrogen-bond acceptors (Lipinski definition) is 3. The van der Waals surface area contributed by atoms with Crippen molar-refractivity contribution in [1.29, 1.82) is 0 Å². The Balaban J connectivity index is 1.64. The second kappa shape index (κ2) is 8.66. The third kappa shape index (κ3) is 4.84. The normalized spacial score (nSPS) is 10.7. The van der Waals surface area contributed by atoms with Gasteiger partial charge in [0.15, 0.2) is 5.11 Å². The average molecular weight is 397 g/mol. The molecule has 0 aliphatic heterocycles. The Morgan fingerprint density at radius 2 is 1.89 bits per heavy atom. The predicted molar refractivity (Wildman–Crippen MR) is 115 cm³/mol. The Bertz CT molecular complexity index is 1030. The minimum absolute atomic E-state index is 0.184. The number of anilines is 1. The van der Waals surface area contributed by atoms with Gasteiger partial charge in [-0.2, -0.15) is 0 Å². The van der Waals surface area contributed by atoms with E-state index in [2.05, 4.69) is 10.6 Å². The summed E-state index contributed by atoms with van der Waals surface area (Å²) in [6.45, 7) is 0. The summed E-state index contributed by atoms with van der Waals surface area (Å²) in [5.74, 6) is 0.246. The number of carbonyl (C=O) groups excluding carboxylic acids is 1. The first-order chi connectivity index (χ1) is 13.1. The number of benzene rings is 3. The molecule has 0 atom stereocenters. The quantitative estimate of drug-likeness (QED) is 0.479. The monoisotopic (exact) mass is 396 g/mol. The second-order valence-electron chi connectivity index (χ2n) is 5.69. The molecule has 27 heavy (non-hydrogen) atoms. The van der Waals surface area contributed by atoms with Crippen molar-refractivity contribution in [3.05, 3.63) is 77.3 Å². The van der Waals surface area contributed by atoms with Crippen molar-refractivity contribution in [1.82, 2.24) is 5.32 Å². The van der Waals surface area contributed by atoms with Gasteiger partial charge in [0.1, 0.15) is 5.75 Å². The summed E-state index contributed by atoms with van der Waals surface area (Å²) in [5.41, 5.74) is 1.62. The van der Waals surface area contributed by atoms with Crippen molar-refractivity contribution < 1.29 is 9.53 Å². The van der Waals surface area contributed by atoms with Gasteiger partial charge >= 0.3 is 0 Å². The molecule has 0 saturated heterocycles. The summed E-state index contributed by atoms with van der Waals surface area (Å²) in [4.78, 5) is 12.1. The molecule has 1 amide bonds. The van der Waals surface area contributed by atoms with Crippen LogP contribution in [-0.2, 0) is 4.79 Å². The zero-order chi connectivity index (χ0) is 19.2. The maximum atomic E-state index is 12.1. The van der Waals surface area contributed by atoms with E-state index < -0.39 is 0 Å². The van der Waals surface area contributed by atoms with Crippen LogP contribution in [0.15, 0.2) is 66.7 Å². The summed E-state index contributed by atoms with van der Waals surface area (Å²) >= 11 is 11.3. The van der Waals surface area contributed by atoms with Crippen LogP contribution < -0.4 is 15.4 Å². The molecule has 6 heteroatoms. The van der Waals surface area contributed by atoms with Gasteiger partial charge in [-0.1, -0.05) is 54.1 Å². The lowest BCUT2D eigenvalue weighted by molar-refractivity contribution is -0.115. The Hall–Kier alpha value is -2.89. The molecule has 0 spiro atoms. The van der Waals surface area contributed by atoms with Gasteiger partial charge in [0.05, 0.1) is 12.1 Å². The van der Waals surface area contributed by atoms with Crippen molar-refractivity contribution in [2.24, 2.45) is 0 Å². The van der Waals surface area contributed by atoms with Crippen LogP contribution in [-0.4, -0.2) is 18.1 Å². The number of hydrogen-bond donors (Lipinski definition) is 2. The van der Waals surface area contributed by atoms with Crippen LogP contribution in [0.2, 0.25) is 5.02 Å². The number of nitrogens with one attached hydrogen (secondary N) is 2. The Morgan fingerprint density at radius 1 is 1.11 bits per heavy atom. The number of fused-ring (bicyclic) bond motifs is 1. The van der Waals surface area contributed by atoms with E-state index in [0.29, 0.717) is 16.5 Å². The Kier molecular flexibility index (Phi) is 6.06. The maximum absolute atomic E-state index is 12.1. The lowest BCUT2D eigenvalue weighted by Crippen LogP contribution is -2.32. The first-order valence-electron chi connectivity index (χ1n) is 8.18. The average Bonchev–Trinajstić information content (AvgIpc) is 2.66. The van der Waals surface area contributed by atoms with Crippen molar-refractivity contribution in [3.63, 3.8) is 0 Å². The van der Waals surface area contributed by atoms with Crippen molar-refractivity contribution in [3.8, 4) is 5.75 Å². The standard InChI is InChI=1S/C21H17ClN2O2S/c1-26-19-11-10-16(13-18(19)22)23-21(27)24-20(25)12-9-15-7-4-6-14-5-2-3-8-17(14)15/h2-13H,1H3,(H2,23,24,25,27)/b12-9+. The molecular formula is C21H17ClN2O2S. The molecule has 0 aliphatic carbocycles. The molecule has 3 aromatic rings. The zero-order valence-electron chi connectivity index (χ0n) is 14.5. The van der Waals surface area contributed by atoms with E-state index in [-0.39, 0.29) is 11.0 Å². The van der Waals surface area contributed by atoms with Crippen LogP contribution in [0.1, 0.15) is 5.56 Å². The highest BCUT2D eigenvalue weighted by atomic mass is 35.5. The largest absolute Gasteiger partial charge is 0.495 e. The minimum Gasteiger partial charge on any atom is -0.495 e. The number of carbonyl (C=O) groups is 1. The van der Waals surface area contributed by atoms with E-state index in [4.69, 9.17) is 28.6 Å². The smallest absolute Gasteiger partial charge is 0.250 e. The molecular weight excluding hydrogens is 380 g/mol. The highest BCUT2D eigenvalue weighted by Gasteiger charge is 2.05. The second-order valence-corrected chi connectivity index (χ2v) is 6.51. The molecule has 136 valence electrons. The SMILES string of the molecule is COc1ccc(NC(=S)NC(=O)/C=C/c2cccc3ccccc23)cc1Cl. The molecule has 0 heterocycles. The molecule has 0 aromatic heterocycles. The molecule has 3 rings (SSSR count). The number of thiocarbonyl (C=S) groups is 1. The van der Waals surface area contributed by atoms with Crippen LogP contribution in [0.3, 0.4) is 0 Å². The lowest BCUT2D eigenvalue weighted by Gasteiger charge is -2.10. The van der Waals surface area contributed by atoms with E-state index in [1.807, 2.05) is 42.5 Å². The summed E-state index contributed by atoms with van der Waals surface area (Å²) in [6, 6.07) is 19.1. The lowest BCUT2D eigenvalue weighted by atomic mass is 10.0. The van der Waals surface area contributed by atoms with Crippen LogP contribution in [0.5, 0.6) is 5.75 Å². The first-order valence-corrected chi connectivity index (χ1v) is 8.97. The molecule has 0 aliphatic rings. The van der Waals surface area contributed by atoms with E-state index in [0.717, 1.165) is 16.3 Å². The Morgan fingerprint density at radius 3 is 2.67 bits per heavy atom. The number of halogens is 1. The topological polar surface area (TPSA) is 50.4 Å². The molecule has 0 bridgehead atoms. The van der Waals surface area contributed by atoms with Crippen LogP contribution >= 0.6 is 23.8 Å². The van der Waals surface area contributed by atoms with Crippen molar-refractivity contribution in [2.75, 3.05) is 12.4 Å². The fourth-order valence-electron chi connectivity index (χ4n) is 2.62. The van der Waals surface area contributed by atoms with Gasteiger partial charge in [0.25, 0.3) is 0 Å². The summed E-state index contributed by atoms with van der Waals surface area (Å²) in [7, 11) is 1.54. The molecule has 0 unspecified atom stereocenters. The van der Waals surface area contributed by atoms with Gasteiger partial charge in [-0.25, -0.2) is 0 Å². The number of ether oxygens (including phenoxy) is 1. The van der Waals surface area contributed by atoms with Crippen LogP contribution in [0, 0.1) is 0 Å². The first kappa shape index (κ1) is 18.9. The highest BCUT2D eigenvalue weighted by Crippen LogP contribution is 2.27. The number of methoxy groups -OCH3 is 1. The van der Waals surface area contributed by atoms with Gasteiger partial charge in [0, 0.05) is 11.8 Å². The van der Waals surface area contributed by atoms with E-state index in [1.165, 1.54) is 6.08 Å². The summed E-state index contributed by atoms with van der Waals surface area (Å²) in [5, 5.41) is 8.37. The predicted octanol–water partition coefficient (Wildman–Crippen LogP) is 5.03. The van der Waals surface area contributed by atoms with Gasteiger partial charge in [-0.05, 0) is 52.8 Å². The van der Waals surface area contributed by atoms with Gasteiger partial charge in [0.2, 0.25) is 5.91 Å². The molecule has 0 saturated carbocycles. The molecule has 2 N–H and O–H groups in total. The fraction of sp³-hybridized carbons (Fsp3) is 0.0476. The highest BCUT2D eigenvalue weighted by molar-refractivity contribution is 7.80. The van der Waals surface area contributed by atoms with E-state index >= 15 is 0 Å². The molecule has 3 aromatic carbocycles. The fourth-order valence-corrected chi connectivity index (χ4v) is 3.10. The summed E-state index contributed by atoms with van der Waals surface area (Å²) < 4.78 is 5.10. The third-order valence-corrected chi connectivity index (χ3v) is 4.38. The van der Waals surface area contributed by atoms with Gasteiger partial charge < -0.3 is 10.1 Å². The molecule has 4 nitrogen and oxygen atoms in total. The summed E-state index contributed by atoms with van der Waals surface area (Å²) in [6.07, 6.45) is 3.22. The number of rotatable bonds is 4. The van der Waals surface area contributed by atoms with Crippen molar-refractivity contribution >= 4 is 57.4 Å². The zero-order valence-corrected chi connectivity index (χ0v) is 16.1. The van der Waals surface area contributed by atoms with Crippen LogP contribution in [0.4, 0.5) is 5.69 Å². The van der Waals surface area contributed by atoms with E-state index in [9.17, 15) is 4.79 Å². The Labute approximate surface area is 167 Å². The number of amides is 1.